The summed E-state index contributed by atoms with van der Waals surface area (Å²) >= 11 is 5.13. The zero-order chi connectivity index (χ0) is 19.8. The Morgan fingerprint density at radius 1 is 1.04 bits per heavy atom. The van der Waals surface area contributed by atoms with E-state index in [1.165, 1.54) is 21.3 Å². The van der Waals surface area contributed by atoms with Crippen LogP contribution < -0.4 is 0 Å². The second-order valence-electron chi connectivity index (χ2n) is 6.59. The van der Waals surface area contributed by atoms with Crippen molar-refractivity contribution in [3.63, 3.8) is 0 Å². The monoisotopic (exact) mass is 492 g/mol. The van der Waals surface area contributed by atoms with Crippen LogP contribution >= 0.6 is 27.3 Å². The lowest BCUT2D eigenvalue weighted by Gasteiger charge is -2.34. The van der Waals surface area contributed by atoms with Crippen LogP contribution in [0.3, 0.4) is 0 Å². The van der Waals surface area contributed by atoms with Crippen LogP contribution in [0.15, 0.2) is 43.9 Å². The summed E-state index contributed by atoms with van der Waals surface area (Å²) in [6.07, 6.45) is 1.08. The minimum absolute atomic E-state index is 0.0218. The van der Waals surface area contributed by atoms with E-state index in [4.69, 9.17) is 0 Å². The molecular formula is C17H21BrN2O4S3. The predicted molar refractivity (Wildman–Crippen MR) is 110 cm³/mol. The molecule has 3 rings (SSSR count). The van der Waals surface area contributed by atoms with Crippen molar-refractivity contribution in [3.05, 3.63) is 44.6 Å². The lowest BCUT2D eigenvalue weighted by atomic mass is 10.2. The van der Waals surface area contributed by atoms with E-state index >= 15 is 0 Å². The Bertz CT molecular complexity index is 1040. The van der Waals surface area contributed by atoms with Gasteiger partial charge in [0.1, 0.15) is 0 Å². The zero-order valence-corrected chi connectivity index (χ0v) is 19.1. The third-order valence-electron chi connectivity index (χ3n) is 4.55. The van der Waals surface area contributed by atoms with Gasteiger partial charge in [0.2, 0.25) is 10.0 Å². The Kier molecular flexibility index (Phi) is 6.14. The number of hydrogen-bond acceptors (Lipinski definition) is 6. The van der Waals surface area contributed by atoms with E-state index in [2.05, 4.69) is 26.9 Å². The van der Waals surface area contributed by atoms with Crippen molar-refractivity contribution in [2.45, 2.75) is 23.3 Å². The number of nitrogens with zero attached hydrogens (tertiary/aromatic N) is 2. The van der Waals surface area contributed by atoms with Crippen LogP contribution in [0.5, 0.6) is 0 Å². The number of aryl methyl sites for hydroxylation is 1. The quantitative estimate of drug-likeness (QED) is 0.641. The first-order valence-corrected chi connectivity index (χ1v) is 13.3. The molecule has 1 fully saturated rings. The van der Waals surface area contributed by atoms with Crippen LogP contribution in [0.1, 0.15) is 10.4 Å². The summed E-state index contributed by atoms with van der Waals surface area (Å²) in [4.78, 5) is 3.55. The van der Waals surface area contributed by atoms with Gasteiger partial charge in [-0.15, -0.1) is 11.3 Å². The molecule has 1 aromatic carbocycles. The van der Waals surface area contributed by atoms with Crippen molar-refractivity contribution in [2.24, 2.45) is 0 Å². The third-order valence-corrected chi connectivity index (χ3v) is 9.30. The summed E-state index contributed by atoms with van der Waals surface area (Å²) in [5.41, 5.74) is 0.549. The molecule has 6 nitrogen and oxygen atoms in total. The Labute approximate surface area is 172 Å². The maximum absolute atomic E-state index is 13.1. The van der Waals surface area contributed by atoms with Gasteiger partial charge in [-0.3, -0.25) is 4.90 Å². The molecule has 0 saturated carbocycles. The molecule has 1 aliphatic rings. The average molecular weight is 493 g/mol. The summed E-state index contributed by atoms with van der Waals surface area (Å²) in [5.74, 6) is 0. The lowest BCUT2D eigenvalue weighted by molar-refractivity contribution is 0.183. The minimum Gasteiger partial charge on any atom is -0.296 e. The van der Waals surface area contributed by atoms with Gasteiger partial charge in [-0.25, -0.2) is 16.8 Å². The van der Waals surface area contributed by atoms with Crippen LogP contribution in [0.25, 0.3) is 0 Å². The molecule has 2 aromatic rings. The van der Waals surface area contributed by atoms with Crippen molar-refractivity contribution in [1.29, 1.82) is 0 Å². The highest BCUT2D eigenvalue weighted by Gasteiger charge is 2.30. The summed E-state index contributed by atoms with van der Waals surface area (Å²) in [6, 6.07) is 8.35. The number of piperazine rings is 1. The van der Waals surface area contributed by atoms with Crippen LogP contribution in [-0.4, -0.2) is 58.5 Å². The maximum atomic E-state index is 13.1. The molecule has 0 atom stereocenters. The van der Waals surface area contributed by atoms with Gasteiger partial charge in [-0.2, -0.15) is 4.31 Å². The fourth-order valence-corrected chi connectivity index (χ4v) is 6.93. The molecule has 1 saturated heterocycles. The van der Waals surface area contributed by atoms with Gasteiger partial charge >= 0.3 is 0 Å². The van der Waals surface area contributed by atoms with Crippen molar-refractivity contribution >= 4 is 47.1 Å². The fraction of sp³-hybridized carbons (Fsp3) is 0.412. The van der Waals surface area contributed by atoms with Crippen LogP contribution in [-0.2, 0) is 26.4 Å². The van der Waals surface area contributed by atoms with E-state index in [0.717, 1.165) is 16.6 Å². The number of sulfone groups is 1. The smallest absolute Gasteiger partial charge is 0.243 e. The molecule has 2 heterocycles. The Morgan fingerprint density at radius 2 is 1.70 bits per heavy atom. The van der Waals surface area contributed by atoms with Crippen molar-refractivity contribution in [1.82, 2.24) is 9.21 Å². The van der Waals surface area contributed by atoms with Crippen LogP contribution in [0, 0.1) is 6.92 Å². The molecule has 0 unspecified atom stereocenters. The van der Waals surface area contributed by atoms with Crippen molar-refractivity contribution in [2.75, 3.05) is 32.4 Å². The molecule has 1 aromatic heterocycles. The van der Waals surface area contributed by atoms with Gasteiger partial charge in [0, 0.05) is 43.9 Å². The highest BCUT2D eigenvalue weighted by atomic mass is 79.9. The van der Waals surface area contributed by atoms with E-state index in [1.54, 1.807) is 24.3 Å². The molecule has 148 valence electrons. The summed E-state index contributed by atoms with van der Waals surface area (Å²) < 4.78 is 52.3. The van der Waals surface area contributed by atoms with Gasteiger partial charge in [-0.05, 0) is 52.7 Å². The highest BCUT2D eigenvalue weighted by Crippen LogP contribution is 2.26. The number of hydrogen-bond donors (Lipinski definition) is 0. The maximum Gasteiger partial charge on any atom is 0.243 e. The van der Waals surface area contributed by atoms with Gasteiger partial charge in [0.25, 0.3) is 0 Å². The second kappa shape index (κ2) is 7.92. The minimum atomic E-state index is -3.73. The second-order valence-corrected chi connectivity index (χ2v) is 13.1. The van der Waals surface area contributed by atoms with E-state index in [9.17, 15) is 16.8 Å². The Morgan fingerprint density at radius 3 is 2.26 bits per heavy atom. The first-order chi connectivity index (χ1) is 12.6. The van der Waals surface area contributed by atoms with E-state index < -0.39 is 19.9 Å². The number of sulfonamides is 1. The lowest BCUT2D eigenvalue weighted by Crippen LogP contribution is -2.48. The molecule has 0 N–H and O–H groups in total. The first kappa shape index (κ1) is 20.9. The molecule has 1 aliphatic heterocycles. The molecule has 0 radical (unpaired) electrons. The van der Waals surface area contributed by atoms with Crippen LogP contribution in [0.2, 0.25) is 0 Å². The Balaban J connectivity index is 1.75. The number of halogens is 1. The SMILES string of the molecule is Cc1ccc(S(C)(=O)=O)cc1S(=O)(=O)N1CCN(Cc2ccc(Br)s2)CC1. The largest absolute Gasteiger partial charge is 0.296 e. The summed E-state index contributed by atoms with van der Waals surface area (Å²) in [7, 11) is -7.20. The Hall–Kier alpha value is -0.780. The predicted octanol–water partition coefficient (Wildman–Crippen LogP) is 2.73. The van der Waals surface area contributed by atoms with Crippen molar-refractivity contribution < 1.29 is 16.8 Å². The molecule has 0 spiro atoms. The topological polar surface area (TPSA) is 74.8 Å². The van der Waals surface area contributed by atoms with E-state index in [1.807, 2.05) is 6.07 Å². The van der Waals surface area contributed by atoms with Gasteiger partial charge in [-0.1, -0.05) is 6.07 Å². The molecule has 0 bridgehead atoms. The number of benzene rings is 1. The highest BCUT2D eigenvalue weighted by molar-refractivity contribution is 9.11. The molecule has 0 amide bonds. The third kappa shape index (κ3) is 4.80. The van der Waals surface area contributed by atoms with Gasteiger partial charge in [0.15, 0.2) is 9.84 Å². The fourth-order valence-electron chi connectivity index (χ4n) is 3.01. The van der Waals surface area contributed by atoms with Crippen LogP contribution in [0.4, 0.5) is 0 Å². The molecular weight excluding hydrogens is 472 g/mol. The first-order valence-electron chi connectivity index (χ1n) is 8.35. The summed E-state index contributed by atoms with van der Waals surface area (Å²) in [6.45, 7) is 4.53. The normalized spacial score (nSPS) is 17.3. The van der Waals surface area contributed by atoms with E-state index in [0.29, 0.717) is 31.7 Å². The molecule has 27 heavy (non-hydrogen) atoms. The molecule has 10 heteroatoms. The number of thiophene rings is 1. The van der Waals surface area contributed by atoms with E-state index in [-0.39, 0.29) is 9.79 Å². The van der Waals surface area contributed by atoms with Crippen molar-refractivity contribution in [3.8, 4) is 0 Å². The molecule has 0 aliphatic carbocycles. The number of rotatable bonds is 5. The zero-order valence-electron chi connectivity index (χ0n) is 15.1. The van der Waals surface area contributed by atoms with Gasteiger partial charge in [0.05, 0.1) is 13.6 Å². The average Bonchev–Trinajstić information content (AvgIpc) is 2.99. The summed E-state index contributed by atoms with van der Waals surface area (Å²) in [5, 5.41) is 0. The standard InChI is InChI=1S/C17H21BrN2O4S3/c1-13-3-5-15(26(2,21)22)11-16(13)27(23,24)20-9-7-19(8-10-20)12-14-4-6-17(18)25-14/h3-6,11H,7-10,12H2,1-2H3. The van der Waals surface area contributed by atoms with Gasteiger partial charge < -0.3 is 0 Å².